The standard InChI is InChI=1S/C14H10ClF2N3/c15-11-5-8(7-18)1-3-13(11)20-12-4-2-9(19)6-10(12)14(16)17/h1-6,14,20H,19H2. The Bertz CT molecular complexity index is 681. The molecule has 2 aromatic carbocycles. The quantitative estimate of drug-likeness (QED) is 0.820. The number of halogens is 3. The predicted molar refractivity (Wildman–Crippen MR) is 75.3 cm³/mol. The first-order chi connectivity index (χ1) is 9.51. The van der Waals surface area contributed by atoms with Gasteiger partial charge in [-0.3, -0.25) is 0 Å². The Morgan fingerprint density at radius 2 is 1.85 bits per heavy atom. The zero-order valence-corrected chi connectivity index (χ0v) is 11.0. The van der Waals surface area contributed by atoms with Gasteiger partial charge in [0.25, 0.3) is 6.43 Å². The molecule has 0 spiro atoms. The number of nitrogens with zero attached hydrogens (tertiary/aromatic N) is 1. The number of nitrogens with two attached hydrogens (primary N) is 1. The van der Waals surface area contributed by atoms with E-state index in [9.17, 15) is 8.78 Å². The zero-order valence-electron chi connectivity index (χ0n) is 10.2. The van der Waals surface area contributed by atoms with E-state index in [2.05, 4.69) is 5.32 Å². The summed E-state index contributed by atoms with van der Waals surface area (Å²) >= 11 is 6.00. The summed E-state index contributed by atoms with van der Waals surface area (Å²) in [7, 11) is 0. The van der Waals surface area contributed by atoms with Gasteiger partial charge < -0.3 is 11.1 Å². The summed E-state index contributed by atoms with van der Waals surface area (Å²) in [4.78, 5) is 0. The number of rotatable bonds is 3. The molecule has 0 fully saturated rings. The molecule has 0 bridgehead atoms. The van der Waals surface area contributed by atoms with Gasteiger partial charge in [0, 0.05) is 16.9 Å². The lowest BCUT2D eigenvalue weighted by molar-refractivity contribution is 0.152. The minimum absolute atomic E-state index is 0.203. The highest BCUT2D eigenvalue weighted by Gasteiger charge is 2.14. The Labute approximate surface area is 119 Å². The summed E-state index contributed by atoms with van der Waals surface area (Å²) in [6.07, 6.45) is -2.65. The molecule has 0 heterocycles. The summed E-state index contributed by atoms with van der Waals surface area (Å²) in [6, 6.07) is 10.7. The summed E-state index contributed by atoms with van der Waals surface area (Å²) in [5, 5.41) is 11.9. The molecule has 0 radical (unpaired) electrons. The first-order valence-electron chi connectivity index (χ1n) is 5.65. The van der Waals surface area contributed by atoms with Gasteiger partial charge in [0.15, 0.2) is 0 Å². The van der Waals surface area contributed by atoms with Crippen molar-refractivity contribution in [1.82, 2.24) is 0 Å². The SMILES string of the molecule is N#Cc1ccc(Nc2ccc(N)cc2C(F)F)c(Cl)c1. The fourth-order valence-electron chi connectivity index (χ4n) is 1.71. The molecule has 0 aliphatic rings. The zero-order chi connectivity index (χ0) is 14.7. The Hall–Kier alpha value is -2.32. The lowest BCUT2D eigenvalue weighted by atomic mass is 10.1. The molecular weight excluding hydrogens is 284 g/mol. The van der Waals surface area contributed by atoms with Crippen LogP contribution in [0.3, 0.4) is 0 Å². The third kappa shape index (κ3) is 2.98. The van der Waals surface area contributed by atoms with E-state index in [1.165, 1.54) is 24.3 Å². The molecule has 0 atom stereocenters. The van der Waals surface area contributed by atoms with Crippen LogP contribution in [0, 0.1) is 11.3 Å². The van der Waals surface area contributed by atoms with Gasteiger partial charge in [-0.1, -0.05) is 11.6 Å². The maximum absolute atomic E-state index is 13.0. The van der Waals surface area contributed by atoms with Crippen molar-refractivity contribution in [3.8, 4) is 6.07 Å². The van der Waals surface area contributed by atoms with E-state index in [1.54, 1.807) is 12.1 Å². The Balaban J connectivity index is 2.38. The second-order valence-electron chi connectivity index (χ2n) is 4.08. The van der Waals surface area contributed by atoms with Gasteiger partial charge in [-0.25, -0.2) is 8.78 Å². The maximum atomic E-state index is 13.0. The molecular formula is C14H10ClF2N3. The largest absolute Gasteiger partial charge is 0.399 e. The van der Waals surface area contributed by atoms with Gasteiger partial charge in [-0.05, 0) is 36.4 Å². The van der Waals surface area contributed by atoms with Crippen molar-refractivity contribution in [3.05, 3.63) is 52.5 Å². The van der Waals surface area contributed by atoms with Gasteiger partial charge in [0.05, 0.1) is 22.3 Å². The number of nitrogen functional groups attached to an aromatic ring is 1. The molecule has 3 N–H and O–H groups in total. The first-order valence-corrected chi connectivity index (χ1v) is 6.03. The minimum atomic E-state index is -2.65. The second-order valence-corrected chi connectivity index (χ2v) is 4.49. The molecule has 0 amide bonds. The van der Waals surface area contributed by atoms with E-state index in [0.717, 1.165) is 0 Å². The van der Waals surface area contributed by atoms with Gasteiger partial charge in [0.2, 0.25) is 0 Å². The third-order valence-corrected chi connectivity index (χ3v) is 2.99. The molecule has 0 aliphatic heterocycles. The number of alkyl halides is 2. The molecule has 20 heavy (non-hydrogen) atoms. The summed E-state index contributed by atoms with van der Waals surface area (Å²) < 4.78 is 25.9. The Morgan fingerprint density at radius 1 is 1.15 bits per heavy atom. The number of hydrogen-bond acceptors (Lipinski definition) is 3. The van der Waals surface area contributed by atoms with Crippen molar-refractivity contribution in [2.45, 2.75) is 6.43 Å². The van der Waals surface area contributed by atoms with Gasteiger partial charge in [0.1, 0.15) is 0 Å². The summed E-state index contributed by atoms with van der Waals surface area (Å²) in [6.45, 7) is 0. The number of nitriles is 1. The molecule has 0 aliphatic carbocycles. The highest BCUT2D eigenvalue weighted by molar-refractivity contribution is 6.33. The van der Waals surface area contributed by atoms with Crippen LogP contribution in [-0.2, 0) is 0 Å². The summed E-state index contributed by atoms with van der Waals surface area (Å²) in [5.74, 6) is 0. The molecule has 0 aromatic heterocycles. The number of nitrogens with one attached hydrogen (secondary N) is 1. The Kier molecular flexibility index (Phi) is 4.06. The van der Waals surface area contributed by atoms with E-state index in [1.807, 2.05) is 6.07 Å². The number of benzene rings is 2. The minimum Gasteiger partial charge on any atom is -0.399 e. The third-order valence-electron chi connectivity index (χ3n) is 2.68. The molecule has 2 rings (SSSR count). The van der Waals surface area contributed by atoms with Crippen molar-refractivity contribution in [1.29, 1.82) is 5.26 Å². The van der Waals surface area contributed by atoms with Gasteiger partial charge in [-0.15, -0.1) is 0 Å². The normalized spacial score (nSPS) is 10.3. The molecule has 3 nitrogen and oxygen atoms in total. The fourth-order valence-corrected chi connectivity index (χ4v) is 1.93. The second kappa shape index (κ2) is 5.76. The average Bonchev–Trinajstić information content (AvgIpc) is 2.42. The fraction of sp³-hybridized carbons (Fsp3) is 0.0714. The van der Waals surface area contributed by atoms with Crippen LogP contribution in [0.4, 0.5) is 25.8 Å². The summed E-state index contributed by atoms with van der Waals surface area (Å²) in [5.41, 5.74) is 6.62. The van der Waals surface area contributed by atoms with E-state index in [-0.39, 0.29) is 22.0 Å². The van der Waals surface area contributed by atoms with Crippen molar-refractivity contribution in [2.24, 2.45) is 0 Å². The highest BCUT2D eigenvalue weighted by Crippen LogP contribution is 2.33. The van der Waals surface area contributed by atoms with Gasteiger partial charge in [-0.2, -0.15) is 5.26 Å². The molecule has 6 heteroatoms. The smallest absolute Gasteiger partial charge is 0.265 e. The van der Waals surface area contributed by atoms with Crippen molar-refractivity contribution in [2.75, 3.05) is 11.1 Å². The lowest BCUT2D eigenvalue weighted by Gasteiger charge is -2.13. The molecule has 0 saturated carbocycles. The van der Waals surface area contributed by atoms with E-state index < -0.39 is 6.43 Å². The van der Waals surface area contributed by atoms with E-state index in [0.29, 0.717) is 11.3 Å². The van der Waals surface area contributed by atoms with Gasteiger partial charge >= 0.3 is 0 Å². The van der Waals surface area contributed by atoms with Crippen molar-refractivity contribution in [3.63, 3.8) is 0 Å². The predicted octanol–water partition coefficient (Wildman–Crippen LogP) is 4.48. The molecule has 0 saturated heterocycles. The van der Waals surface area contributed by atoms with Crippen LogP contribution in [0.25, 0.3) is 0 Å². The molecule has 2 aromatic rings. The highest BCUT2D eigenvalue weighted by atomic mass is 35.5. The van der Waals surface area contributed by atoms with Crippen LogP contribution in [-0.4, -0.2) is 0 Å². The maximum Gasteiger partial charge on any atom is 0.265 e. The first kappa shape index (κ1) is 14.1. The molecule has 102 valence electrons. The number of anilines is 3. The Morgan fingerprint density at radius 3 is 2.45 bits per heavy atom. The lowest BCUT2D eigenvalue weighted by Crippen LogP contribution is -1.99. The van der Waals surface area contributed by atoms with Crippen molar-refractivity contribution >= 4 is 28.7 Å². The topological polar surface area (TPSA) is 61.8 Å². The van der Waals surface area contributed by atoms with Crippen molar-refractivity contribution < 1.29 is 8.78 Å². The molecule has 0 unspecified atom stereocenters. The van der Waals surface area contributed by atoms with Crippen LogP contribution in [0.1, 0.15) is 17.6 Å². The number of hydrogen-bond donors (Lipinski definition) is 2. The van der Waals surface area contributed by atoms with Crippen LogP contribution >= 0.6 is 11.6 Å². The van der Waals surface area contributed by atoms with Crippen LogP contribution in [0.2, 0.25) is 5.02 Å². The van der Waals surface area contributed by atoms with E-state index in [4.69, 9.17) is 22.6 Å². The average molecular weight is 294 g/mol. The van der Waals surface area contributed by atoms with Crippen LogP contribution in [0.15, 0.2) is 36.4 Å². The van der Waals surface area contributed by atoms with E-state index >= 15 is 0 Å². The monoisotopic (exact) mass is 293 g/mol. The van der Waals surface area contributed by atoms with Crippen LogP contribution in [0.5, 0.6) is 0 Å². The van der Waals surface area contributed by atoms with Crippen LogP contribution < -0.4 is 11.1 Å².